The van der Waals surface area contributed by atoms with Gasteiger partial charge in [-0.2, -0.15) is 0 Å². The van der Waals surface area contributed by atoms with E-state index in [1.54, 1.807) is 0 Å². The van der Waals surface area contributed by atoms with E-state index in [9.17, 15) is 4.79 Å². The van der Waals surface area contributed by atoms with E-state index < -0.39 is 0 Å². The number of urea groups is 1. The normalized spacial score (nSPS) is 19.4. The van der Waals surface area contributed by atoms with Gasteiger partial charge >= 0.3 is 6.03 Å². The van der Waals surface area contributed by atoms with Gasteiger partial charge in [-0.25, -0.2) is 4.79 Å². The van der Waals surface area contributed by atoms with E-state index >= 15 is 0 Å². The maximum atomic E-state index is 11.2. The lowest BCUT2D eigenvalue weighted by Crippen LogP contribution is -2.45. The van der Waals surface area contributed by atoms with Crippen LogP contribution in [0.5, 0.6) is 0 Å². The van der Waals surface area contributed by atoms with Crippen molar-refractivity contribution in [3.05, 3.63) is 0 Å². The molecule has 0 heterocycles. The quantitative estimate of drug-likeness (QED) is 0.691. The first-order valence-corrected chi connectivity index (χ1v) is 5.06. The fourth-order valence-corrected chi connectivity index (χ4v) is 1.56. The highest BCUT2D eigenvalue weighted by Crippen LogP contribution is 2.39. The summed E-state index contributed by atoms with van der Waals surface area (Å²) in [5, 5.41) is 5.72. The third kappa shape index (κ3) is 3.25. The lowest BCUT2D eigenvalue weighted by Gasteiger charge is -2.38. The first kappa shape index (κ1) is 10.4. The Labute approximate surface area is 80.3 Å². The van der Waals surface area contributed by atoms with E-state index in [0.29, 0.717) is 5.41 Å². The van der Waals surface area contributed by atoms with Crippen LogP contribution in [0.25, 0.3) is 0 Å². The van der Waals surface area contributed by atoms with E-state index in [0.717, 1.165) is 6.54 Å². The molecule has 0 aromatic carbocycles. The van der Waals surface area contributed by atoms with Crippen molar-refractivity contribution in [2.24, 2.45) is 5.41 Å². The van der Waals surface area contributed by atoms with Crippen molar-refractivity contribution in [1.82, 2.24) is 10.6 Å². The van der Waals surface area contributed by atoms with E-state index in [1.807, 2.05) is 13.8 Å². The molecule has 0 saturated heterocycles. The topological polar surface area (TPSA) is 41.1 Å². The predicted octanol–water partition coefficient (Wildman–Crippen LogP) is 1.88. The number of hydrogen-bond donors (Lipinski definition) is 2. The summed E-state index contributed by atoms with van der Waals surface area (Å²) in [6, 6.07) is 0.178. The van der Waals surface area contributed by atoms with Crippen LogP contribution in [0.4, 0.5) is 4.79 Å². The van der Waals surface area contributed by atoms with E-state index in [1.165, 1.54) is 19.3 Å². The molecule has 0 aromatic rings. The van der Waals surface area contributed by atoms with Crippen LogP contribution in [0.1, 0.15) is 40.0 Å². The van der Waals surface area contributed by atoms with Gasteiger partial charge < -0.3 is 10.6 Å². The molecule has 2 amide bonds. The van der Waals surface area contributed by atoms with Crippen LogP contribution >= 0.6 is 0 Å². The van der Waals surface area contributed by atoms with Gasteiger partial charge in [0.25, 0.3) is 0 Å². The molecule has 0 spiro atoms. The van der Waals surface area contributed by atoms with Gasteiger partial charge in [0.2, 0.25) is 0 Å². The molecule has 1 rings (SSSR count). The molecular weight excluding hydrogens is 164 g/mol. The zero-order chi connectivity index (χ0) is 9.90. The van der Waals surface area contributed by atoms with Crippen molar-refractivity contribution in [3.63, 3.8) is 0 Å². The minimum Gasteiger partial charge on any atom is -0.338 e. The third-order valence-electron chi connectivity index (χ3n) is 2.66. The van der Waals surface area contributed by atoms with Gasteiger partial charge in [0.15, 0.2) is 0 Å². The maximum absolute atomic E-state index is 11.2. The zero-order valence-electron chi connectivity index (χ0n) is 8.81. The molecule has 0 atom stereocenters. The first-order valence-electron chi connectivity index (χ1n) is 5.06. The van der Waals surface area contributed by atoms with Gasteiger partial charge in [0, 0.05) is 12.6 Å². The fourth-order valence-electron chi connectivity index (χ4n) is 1.56. The summed E-state index contributed by atoms with van der Waals surface area (Å²) >= 11 is 0. The molecule has 76 valence electrons. The second-order valence-corrected chi connectivity index (χ2v) is 4.65. The van der Waals surface area contributed by atoms with Crippen LogP contribution in [0, 0.1) is 5.41 Å². The Morgan fingerprint density at radius 3 is 2.46 bits per heavy atom. The van der Waals surface area contributed by atoms with Gasteiger partial charge in [-0.05, 0) is 32.1 Å². The minimum atomic E-state index is -0.0388. The molecule has 3 nitrogen and oxygen atoms in total. The molecule has 1 aliphatic rings. The fraction of sp³-hybridized carbons (Fsp3) is 0.900. The van der Waals surface area contributed by atoms with Crippen molar-refractivity contribution in [3.8, 4) is 0 Å². The largest absolute Gasteiger partial charge is 0.338 e. The molecule has 0 radical (unpaired) electrons. The van der Waals surface area contributed by atoms with Crippen molar-refractivity contribution >= 4 is 6.03 Å². The minimum absolute atomic E-state index is 0.0388. The molecule has 13 heavy (non-hydrogen) atoms. The van der Waals surface area contributed by atoms with Gasteiger partial charge in [-0.3, -0.25) is 0 Å². The monoisotopic (exact) mass is 184 g/mol. The molecule has 1 fully saturated rings. The predicted molar refractivity (Wildman–Crippen MR) is 53.6 cm³/mol. The zero-order valence-corrected chi connectivity index (χ0v) is 8.81. The maximum Gasteiger partial charge on any atom is 0.315 e. The van der Waals surface area contributed by atoms with Gasteiger partial charge in [0.05, 0.1) is 0 Å². The van der Waals surface area contributed by atoms with E-state index in [2.05, 4.69) is 17.6 Å². The van der Waals surface area contributed by atoms with Crippen LogP contribution in [-0.2, 0) is 0 Å². The highest BCUT2D eigenvalue weighted by molar-refractivity contribution is 5.74. The van der Waals surface area contributed by atoms with Crippen LogP contribution < -0.4 is 10.6 Å². The van der Waals surface area contributed by atoms with Crippen molar-refractivity contribution in [1.29, 1.82) is 0 Å². The molecule has 2 N–H and O–H groups in total. The van der Waals surface area contributed by atoms with Crippen LogP contribution in [0.15, 0.2) is 0 Å². The highest BCUT2D eigenvalue weighted by Gasteiger charge is 2.31. The highest BCUT2D eigenvalue weighted by atomic mass is 16.2. The summed E-state index contributed by atoms with van der Waals surface area (Å²) in [7, 11) is 0. The van der Waals surface area contributed by atoms with E-state index in [4.69, 9.17) is 0 Å². The smallest absolute Gasteiger partial charge is 0.315 e. The molecule has 0 unspecified atom stereocenters. The molecule has 1 saturated carbocycles. The summed E-state index contributed by atoms with van der Waals surface area (Å²) in [4.78, 5) is 11.2. The number of amides is 2. The Kier molecular flexibility index (Phi) is 3.17. The number of hydrogen-bond acceptors (Lipinski definition) is 1. The third-order valence-corrected chi connectivity index (χ3v) is 2.66. The molecule has 0 aliphatic heterocycles. The van der Waals surface area contributed by atoms with Crippen LogP contribution in [0.2, 0.25) is 0 Å². The van der Waals surface area contributed by atoms with Gasteiger partial charge in [-0.15, -0.1) is 0 Å². The second kappa shape index (κ2) is 3.99. The van der Waals surface area contributed by atoms with Crippen molar-refractivity contribution in [2.45, 2.75) is 46.1 Å². The average Bonchev–Trinajstić information content (AvgIpc) is 1.96. The lowest BCUT2D eigenvalue weighted by atomic mass is 9.70. The Morgan fingerprint density at radius 2 is 2.08 bits per heavy atom. The van der Waals surface area contributed by atoms with Crippen LogP contribution in [0.3, 0.4) is 0 Å². The summed E-state index contributed by atoms with van der Waals surface area (Å²) < 4.78 is 0. The number of carbonyl (C=O) groups is 1. The standard InChI is InChI=1S/C10H20N2O/c1-8(2)12-9(13)11-7-10(3)5-4-6-10/h8H,4-7H2,1-3H3,(H2,11,12,13). The van der Waals surface area contributed by atoms with Crippen LogP contribution in [-0.4, -0.2) is 18.6 Å². The van der Waals surface area contributed by atoms with Crippen molar-refractivity contribution in [2.75, 3.05) is 6.54 Å². The Hall–Kier alpha value is -0.730. The average molecular weight is 184 g/mol. The van der Waals surface area contributed by atoms with Gasteiger partial charge in [0.1, 0.15) is 0 Å². The molecule has 0 aromatic heterocycles. The summed E-state index contributed by atoms with van der Waals surface area (Å²) in [6.07, 6.45) is 3.80. The number of nitrogens with one attached hydrogen (secondary N) is 2. The summed E-state index contributed by atoms with van der Waals surface area (Å²) in [5.74, 6) is 0. The van der Waals surface area contributed by atoms with Gasteiger partial charge in [-0.1, -0.05) is 13.3 Å². The lowest BCUT2D eigenvalue weighted by molar-refractivity contribution is 0.156. The molecular formula is C10H20N2O. The molecule has 3 heteroatoms. The Balaban J connectivity index is 2.14. The number of carbonyl (C=O) groups excluding carboxylic acids is 1. The SMILES string of the molecule is CC(C)NC(=O)NCC1(C)CCC1. The van der Waals surface area contributed by atoms with E-state index in [-0.39, 0.29) is 12.1 Å². The summed E-state index contributed by atoms with van der Waals surface area (Å²) in [5.41, 5.74) is 0.369. The molecule has 1 aliphatic carbocycles. The molecule has 0 bridgehead atoms. The Bertz CT molecular complexity index is 185. The first-order chi connectivity index (χ1) is 6.02. The van der Waals surface area contributed by atoms with Crippen molar-refractivity contribution < 1.29 is 4.79 Å². The Morgan fingerprint density at radius 1 is 1.46 bits per heavy atom. The second-order valence-electron chi connectivity index (χ2n) is 4.65. The number of rotatable bonds is 3. The summed E-state index contributed by atoms with van der Waals surface area (Å²) in [6.45, 7) is 6.97.